The molecule has 0 unspecified atom stereocenters. The smallest absolute Gasteiger partial charge is 0.149 e. The number of phenols is 1. The first-order valence-corrected chi connectivity index (χ1v) is 20.8. The topological polar surface area (TPSA) is 50.9 Å². The van der Waals surface area contributed by atoms with E-state index in [0.717, 1.165) is 5.56 Å². The number of benzene rings is 6. The third-order valence-electron chi connectivity index (χ3n) is 11.3. The fourth-order valence-corrected chi connectivity index (χ4v) is 7.68. The van der Waals surface area contributed by atoms with Crippen LogP contribution in [0.2, 0.25) is 0 Å². The summed E-state index contributed by atoms with van der Waals surface area (Å²) in [5, 5.41) is 12.5. The van der Waals surface area contributed by atoms with Crippen LogP contribution in [0.1, 0.15) is 137 Å². The van der Waals surface area contributed by atoms with Crippen molar-refractivity contribution in [3.8, 4) is 67.5 Å². The highest BCUT2D eigenvalue weighted by Gasteiger charge is 2.29. The molecule has 2 heterocycles. The molecular formula is C59H63N3O. The summed E-state index contributed by atoms with van der Waals surface area (Å²) in [6, 6.07) is 22.6. The van der Waals surface area contributed by atoms with E-state index in [4.69, 9.17) is 26.9 Å². The van der Waals surface area contributed by atoms with Crippen molar-refractivity contribution < 1.29 is 31.2 Å². The highest BCUT2D eigenvalue weighted by molar-refractivity contribution is 5.97. The number of hydrogen-bond acceptors (Lipinski definition) is 3. The van der Waals surface area contributed by atoms with Gasteiger partial charge >= 0.3 is 0 Å². The zero-order chi connectivity index (χ0) is 61.3. The van der Waals surface area contributed by atoms with Gasteiger partial charge in [-0.25, -0.2) is 4.98 Å². The van der Waals surface area contributed by atoms with Crippen LogP contribution < -0.4 is 0 Å². The minimum atomic E-state index is -3.94. The van der Waals surface area contributed by atoms with E-state index < -0.39 is 108 Å². The second-order valence-corrected chi connectivity index (χ2v) is 19.2. The molecule has 63 heavy (non-hydrogen) atoms. The quantitative estimate of drug-likeness (QED) is 0.181. The van der Waals surface area contributed by atoms with E-state index in [0.29, 0.717) is 55.7 Å². The maximum Gasteiger partial charge on any atom is 0.149 e. The molecule has 8 rings (SSSR count). The highest BCUT2D eigenvalue weighted by Crippen LogP contribution is 2.45. The SMILES string of the molecule is [2H]c1nc(-c2cc(-c3cccc4c3nc(-c3cc(C(C)(C)C)cc(C(C)(C)C)c3O)n4-c3ccc(-c4ccccc4)c(C([2H])([2H])[2H])c3)cc(C(C)(C)C)c2)c([2H])c(-c2c([2H])c([2H])c(C(C([2H])([2H])[2H])(C([2H])([2H])[2H])C([2H])([2H])[2H])c([2H])c2[2H])c1[2H]. The van der Waals surface area contributed by atoms with Crippen molar-refractivity contribution in [2.75, 3.05) is 0 Å². The number of aromatic hydroxyl groups is 1. The summed E-state index contributed by atoms with van der Waals surface area (Å²) in [6.07, 6.45) is -0.765. The summed E-state index contributed by atoms with van der Waals surface area (Å²) >= 11 is 0. The van der Waals surface area contributed by atoms with Crippen LogP contribution in [-0.2, 0) is 21.7 Å². The second-order valence-electron chi connectivity index (χ2n) is 19.2. The molecule has 0 aliphatic carbocycles. The number of nitrogens with zero attached hydrogens (tertiary/aromatic N) is 3. The molecule has 6 aromatic carbocycles. The van der Waals surface area contributed by atoms with Crippen LogP contribution >= 0.6 is 0 Å². The van der Waals surface area contributed by atoms with E-state index >= 15 is 0 Å². The molecule has 0 spiro atoms. The fraction of sp³-hybridized carbons (Fsp3) is 0.288. The van der Waals surface area contributed by atoms with Crippen molar-refractivity contribution in [3.05, 3.63) is 167 Å². The van der Waals surface area contributed by atoms with Gasteiger partial charge in [-0.15, -0.1) is 0 Å². The van der Waals surface area contributed by atoms with Crippen LogP contribution in [0.25, 0.3) is 72.7 Å². The van der Waals surface area contributed by atoms with Gasteiger partial charge in [0.05, 0.1) is 31.9 Å². The molecule has 0 saturated carbocycles. The zero-order valence-corrected chi connectivity index (χ0v) is 37.0. The van der Waals surface area contributed by atoms with Gasteiger partial charge in [-0.1, -0.05) is 168 Å². The average molecular weight is 849 g/mol. The lowest BCUT2D eigenvalue weighted by Crippen LogP contribution is -2.17. The number of pyridine rings is 1. The summed E-state index contributed by atoms with van der Waals surface area (Å²) in [4.78, 5) is 9.77. The van der Waals surface area contributed by atoms with E-state index in [1.54, 1.807) is 30.3 Å². The fourth-order valence-electron chi connectivity index (χ4n) is 7.68. The van der Waals surface area contributed by atoms with E-state index in [1.165, 1.54) is 0 Å². The molecule has 320 valence electrons. The Labute approximate surface area is 402 Å². The number of para-hydroxylation sites is 1. The Morgan fingerprint density at radius 3 is 1.92 bits per heavy atom. The molecule has 4 nitrogen and oxygen atoms in total. The number of rotatable bonds is 6. The summed E-state index contributed by atoms with van der Waals surface area (Å²) in [7, 11) is 0. The third-order valence-corrected chi connectivity index (χ3v) is 11.3. The Morgan fingerprint density at radius 1 is 0.556 bits per heavy atom. The number of hydrogen-bond donors (Lipinski definition) is 1. The van der Waals surface area contributed by atoms with Gasteiger partial charge in [0, 0.05) is 45.0 Å². The summed E-state index contributed by atoms with van der Waals surface area (Å²) < 4.78 is 167. The van der Waals surface area contributed by atoms with E-state index in [2.05, 4.69) is 25.8 Å². The Balaban J connectivity index is 1.45. The molecule has 0 bridgehead atoms. The number of phenolic OH excluding ortho intramolecular Hbond substituents is 1. The molecule has 0 atom stereocenters. The number of imidazole rings is 1. The minimum Gasteiger partial charge on any atom is -0.507 e. The molecule has 0 amide bonds. The molecule has 0 radical (unpaired) electrons. The first-order chi connectivity index (χ1) is 37.5. The summed E-state index contributed by atoms with van der Waals surface area (Å²) in [5.41, 5.74) is -2.16. The van der Waals surface area contributed by atoms with Crippen molar-refractivity contribution >= 4 is 11.0 Å². The number of fused-ring (bicyclic) bond motifs is 1. The van der Waals surface area contributed by atoms with Crippen LogP contribution in [0, 0.1) is 6.85 Å². The second kappa shape index (κ2) is 15.8. The molecule has 0 fully saturated rings. The monoisotopic (exact) mass is 849 g/mol. The Bertz CT molecular complexity index is 3780. The van der Waals surface area contributed by atoms with Gasteiger partial charge in [0.25, 0.3) is 0 Å². The largest absolute Gasteiger partial charge is 0.507 e. The van der Waals surface area contributed by atoms with Gasteiger partial charge in [0.1, 0.15) is 11.6 Å². The standard InChI is InChI=1S/C59H63N3O/c1-37-30-46(26-27-47(37)39-18-15-14-16-19-39)62-52-21-17-20-48(53(52)61-55(62)49-35-45(58(8,9)10)36-50(54(49)63)59(11,12)13)41-31-42(33-44(32-41)57(5,6)7)51-34-40(28-29-60-51)38-22-24-43(25-23-38)56(2,3)4/h14-36,63H,1-13H3/i1D3,2D3,3D3,4D3,22D,23D,24D,25D,28D,29D,34D. The van der Waals surface area contributed by atoms with Gasteiger partial charge < -0.3 is 5.11 Å². The van der Waals surface area contributed by atoms with Crippen molar-refractivity contribution in [3.63, 3.8) is 0 Å². The molecule has 8 aromatic rings. The van der Waals surface area contributed by atoms with E-state index in [-0.39, 0.29) is 28.4 Å². The Hall–Kier alpha value is -6.26. The van der Waals surface area contributed by atoms with Gasteiger partial charge in [-0.3, -0.25) is 9.55 Å². The Morgan fingerprint density at radius 2 is 1.25 bits per heavy atom. The molecular weight excluding hydrogens is 767 g/mol. The van der Waals surface area contributed by atoms with E-state index in [9.17, 15) is 9.22 Å². The lowest BCUT2D eigenvalue weighted by molar-refractivity contribution is 0.446. The van der Waals surface area contributed by atoms with Crippen molar-refractivity contribution in [1.82, 2.24) is 14.5 Å². The summed E-state index contributed by atoms with van der Waals surface area (Å²) in [6.45, 7) is 3.59. The molecule has 0 saturated heterocycles. The zero-order valence-electron chi connectivity index (χ0n) is 56.0. The average Bonchev–Trinajstić information content (AvgIpc) is 0.825. The number of aromatic nitrogens is 3. The maximum atomic E-state index is 12.5. The van der Waals surface area contributed by atoms with Gasteiger partial charge in [-0.05, 0) is 127 Å². The van der Waals surface area contributed by atoms with Crippen LogP contribution in [0.3, 0.4) is 0 Å². The predicted molar refractivity (Wildman–Crippen MR) is 267 cm³/mol. The van der Waals surface area contributed by atoms with Crippen molar-refractivity contribution in [2.24, 2.45) is 0 Å². The molecule has 1 N–H and O–H groups in total. The van der Waals surface area contributed by atoms with Crippen LogP contribution in [-0.4, -0.2) is 19.6 Å². The van der Waals surface area contributed by atoms with Crippen LogP contribution in [0.15, 0.2) is 139 Å². The number of aryl methyl sites for hydroxylation is 1. The Kier molecular flexibility index (Phi) is 6.47. The maximum absolute atomic E-state index is 12.5. The third kappa shape index (κ3) is 8.61. The van der Waals surface area contributed by atoms with E-state index in [1.807, 2.05) is 113 Å². The normalized spacial score (nSPS) is 17.8. The van der Waals surface area contributed by atoms with Gasteiger partial charge in [0.15, 0.2) is 0 Å². The summed E-state index contributed by atoms with van der Waals surface area (Å²) in [5.74, 6) is 0.265. The highest BCUT2D eigenvalue weighted by atomic mass is 16.3. The molecule has 2 aromatic heterocycles. The van der Waals surface area contributed by atoms with Crippen molar-refractivity contribution in [2.45, 2.75) is 111 Å². The lowest BCUT2D eigenvalue weighted by atomic mass is 9.79. The predicted octanol–water partition coefficient (Wildman–Crippen LogP) is 16.0. The van der Waals surface area contributed by atoms with Gasteiger partial charge in [0.2, 0.25) is 0 Å². The first-order valence-electron chi connectivity index (χ1n) is 30.3. The van der Waals surface area contributed by atoms with Crippen LogP contribution in [0.4, 0.5) is 0 Å². The minimum absolute atomic E-state index is 0.0241. The first kappa shape index (κ1) is 25.8. The van der Waals surface area contributed by atoms with Gasteiger partial charge in [-0.2, -0.15) is 0 Å². The lowest BCUT2D eigenvalue weighted by Gasteiger charge is -2.27. The molecule has 0 aliphatic heterocycles. The molecule has 0 aliphatic rings. The molecule has 4 heteroatoms. The van der Waals surface area contributed by atoms with Crippen LogP contribution in [0.5, 0.6) is 5.75 Å². The van der Waals surface area contributed by atoms with Crippen molar-refractivity contribution in [1.29, 1.82) is 0 Å².